The van der Waals surface area contributed by atoms with Crippen LogP contribution in [0.5, 0.6) is 5.75 Å². The molecule has 0 aliphatic carbocycles. The lowest BCUT2D eigenvalue weighted by molar-refractivity contribution is -0.149. The Morgan fingerprint density at radius 2 is 2.22 bits per heavy atom. The first-order valence-corrected chi connectivity index (χ1v) is 7.96. The number of carbonyl (C=O) groups excluding carboxylic acids is 2. The number of urea groups is 1. The summed E-state index contributed by atoms with van der Waals surface area (Å²) in [6.07, 6.45) is 1.59. The molecule has 1 aliphatic heterocycles. The van der Waals surface area contributed by atoms with Crippen molar-refractivity contribution in [2.24, 2.45) is 5.92 Å². The summed E-state index contributed by atoms with van der Waals surface area (Å²) in [6, 6.07) is 7.41. The van der Waals surface area contributed by atoms with Crippen molar-refractivity contribution < 1.29 is 19.1 Å². The fourth-order valence-electron chi connectivity index (χ4n) is 2.69. The topological polar surface area (TPSA) is 67.9 Å². The Morgan fingerprint density at radius 1 is 1.39 bits per heavy atom. The highest BCUT2D eigenvalue weighted by Crippen LogP contribution is 2.18. The second kappa shape index (κ2) is 8.41. The maximum Gasteiger partial charge on any atom is 0.317 e. The lowest BCUT2D eigenvalue weighted by Crippen LogP contribution is -2.47. The summed E-state index contributed by atoms with van der Waals surface area (Å²) >= 11 is 0. The number of nitrogens with one attached hydrogen (secondary N) is 1. The van der Waals surface area contributed by atoms with Gasteiger partial charge in [-0.25, -0.2) is 4.79 Å². The maximum atomic E-state index is 12.3. The van der Waals surface area contributed by atoms with Crippen molar-refractivity contribution in [1.29, 1.82) is 0 Å². The van der Waals surface area contributed by atoms with Gasteiger partial charge < -0.3 is 19.7 Å². The Labute approximate surface area is 136 Å². The highest BCUT2D eigenvalue weighted by atomic mass is 16.5. The summed E-state index contributed by atoms with van der Waals surface area (Å²) in [5.74, 6) is 0.334. The lowest BCUT2D eigenvalue weighted by atomic mass is 9.98. The van der Waals surface area contributed by atoms with Crippen LogP contribution in [-0.2, 0) is 16.1 Å². The predicted octanol–water partition coefficient (Wildman–Crippen LogP) is 2.18. The van der Waals surface area contributed by atoms with E-state index >= 15 is 0 Å². The smallest absolute Gasteiger partial charge is 0.317 e. The Bertz CT molecular complexity index is 547. The van der Waals surface area contributed by atoms with E-state index in [0.717, 1.165) is 24.2 Å². The van der Waals surface area contributed by atoms with E-state index in [2.05, 4.69) is 5.32 Å². The van der Waals surface area contributed by atoms with E-state index in [0.29, 0.717) is 26.2 Å². The first-order chi connectivity index (χ1) is 11.1. The van der Waals surface area contributed by atoms with E-state index in [1.165, 1.54) is 0 Å². The van der Waals surface area contributed by atoms with Crippen molar-refractivity contribution in [1.82, 2.24) is 10.2 Å². The van der Waals surface area contributed by atoms with Gasteiger partial charge in [-0.3, -0.25) is 4.79 Å². The molecular formula is C17H24N2O4. The molecule has 1 aliphatic rings. The quantitative estimate of drug-likeness (QED) is 0.844. The molecule has 126 valence electrons. The maximum absolute atomic E-state index is 12.3. The minimum Gasteiger partial charge on any atom is -0.497 e. The second-order valence-corrected chi connectivity index (χ2v) is 5.55. The number of methoxy groups -OCH3 is 1. The number of carbonyl (C=O) groups is 2. The molecule has 1 heterocycles. The van der Waals surface area contributed by atoms with Crippen LogP contribution in [0.25, 0.3) is 0 Å². The van der Waals surface area contributed by atoms with Gasteiger partial charge in [0.1, 0.15) is 5.75 Å². The van der Waals surface area contributed by atoms with Crippen molar-refractivity contribution in [3.8, 4) is 5.75 Å². The van der Waals surface area contributed by atoms with Gasteiger partial charge >= 0.3 is 12.0 Å². The molecule has 6 nitrogen and oxygen atoms in total. The molecule has 1 aromatic rings. The Kier molecular flexibility index (Phi) is 6.26. The number of hydrogen-bond donors (Lipinski definition) is 1. The molecule has 1 aromatic carbocycles. The number of ether oxygens (including phenoxy) is 2. The van der Waals surface area contributed by atoms with Gasteiger partial charge in [0, 0.05) is 19.6 Å². The van der Waals surface area contributed by atoms with Crippen LogP contribution in [0.2, 0.25) is 0 Å². The van der Waals surface area contributed by atoms with Gasteiger partial charge in [-0.15, -0.1) is 0 Å². The zero-order chi connectivity index (χ0) is 16.7. The highest BCUT2D eigenvalue weighted by Gasteiger charge is 2.29. The first-order valence-electron chi connectivity index (χ1n) is 7.96. The van der Waals surface area contributed by atoms with Crippen LogP contribution in [0.1, 0.15) is 25.3 Å². The summed E-state index contributed by atoms with van der Waals surface area (Å²) in [5, 5.41) is 2.89. The van der Waals surface area contributed by atoms with Crippen LogP contribution in [0.15, 0.2) is 24.3 Å². The molecule has 1 atom stereocenters. The average Bonchev–Trinajstić information content (AvgIpc) is 2.60. The number of rotatable bonds is 5. The molecule has 1 fully saturated rings. The number of benzene rings is 1. The molecule has 0 aromatic heterocycles. The summed E-state index contributed by atoms with van der Waals surface area (Å²) in [7, 11) is 1.61. The third kappa shape index (κ3) is 4.87. The van der Waals surface area contributed by atoms with E-state index < -0.39 is 0 Å². The first kappa shape index (κ1) is 17.1. The Hall–Kier alpha value is -2.24. The van der Waals surface area contributed by atoms with Crippen molar-refractivity contribution >= 4 is 12.0 Å². The van der Waals surface area contributed by atoms with Gasteiger partial charge in [-0.1, -0.05) is 12.1 Å². The number of esters is 1. The molecule has 0 radical (unpaired) electrons. The molecule has 0 saturated carbocycles. The monoisotopic (exact) mass is 320 g/mol. The molecule has 2 rings (SSSR count). The van der Waals surface area contributed by atoms with E-state index in [4.69, 9.17) is 9.47 Å². The van der Waals surface area contributed by atoms with E-state index in [9.17, 15) is 9.59 Å². The van der Waals surface area contributed by atoms with Gasteiger partial charge in [0.2, 0.25) is 0 Å². The second-order valence-electron chi connectivity index (χ2n) is 5.55. The van der Waals surface area contributed by atoms with Crippen LogP contribution in [0.4, 0.5) is 4.79 Å². The molecule has 2 amide bonds. The lowest BCUT2D eigenvalue weighted by Gasteiger charge is -2.31. The van der Waals surface area contributed by atoms with Crippen molar-refractivity contribution in [3.05, 3.63) is 29.8 Å². The average molecular weight is 320 g/mol. The predicted molar refractivity (Wildman–Crippen MR) is 86.2 cm³/mol. The van der Waals surface area contributed by atoms with Gasteiger partial charge in [0.05, 0.1) is 19.6 Å². The summed E-state index contributed by atoms with van der Waals surface area (Å²) in [4.78, 5) is 25.8. The Morgan fingerprint density at radius 3 is 2.96 bits per heavy atom. The zero-order valence-electron chi connectivity index (χ0n) is 13.7. The molecule has 1 N–H and O–H groups in total. The minimum atomic E-state index is -0.216. The molecule has 1 saturated heterocycles. The molecule has 1 unspecified atom stereocenters. The normalized spacial score (nSPS) is 17.5. The van der Waals surface area contributed by atoms with Gasteiger partial charge in [-0.05, 0) is 37.5 Å². The van der Waals surface area contributed by atoms with Gasteiger partial charge in [0.25, 0.3) is 0 Å². The van der Waals surface area contributed by atoms with Crippen molar-refractivity contribution in [3.63, 3.8) is 0 Å². The Balaban J connectivity index is 1.86. The number of nitrogens with zero attached hydrogens (tertiary/aromatic N) is 1. The summed E-state index contributed by atoms with van der Waals surface area (Å²) < 4.78 is 10.2. The van der Waals surface area contributed by atoms with Crippen molar-refractivity contribution in [2.75, 3.05) is 26.8 Å². The third-order valence-corrected chi connectivity index (χ3v) is 3.91. The van der Waals surface area contributed by atoms with E-state index in [1.54, 1.807) is 18.9 Å². The summed E-state index contributed by atoms with van der Waals surface area (Å²) in [5.41, 5.74) is 0.969. The zero-order valence-corrected chi connectivity index (χ0v) is 13.7. The number of piperidine rings is 1. The molecule has 6 heteroatoms. The largest absolute Gasteiger partial charge is 0.497 e. The SMILES string of the molecule is CCOC(=O)C1CCCN(C(=O)NCc2cccc(OC)c2)C1. The third-order valence-electron chi connectivity index (χ3n) is 3.91. The van der Waals surface area contributed by atoms with Crippen LogP contribution in [0.3, 0.4) is 0 Å². The number of likely N-dealkylation sites (tertiary alicyclic amines) is 1. The number of amides is 2. The minimum absolute atomic E-state index is 0.151. The summed E-state index contributed by atoms with van der Waals surface area (Å²) in [6.45, 7) is 3.68. The van der Waals surface area contributed by atoms with Crippen LogP contribution < -0.4 is 10.1 Å². The van der Waals surface area contributed by atoms with Crippen LogP contribution in [-0.4, -0.2) is 43.7 Å². The molecule has 0 bridgehead atoms. The molecular weight excluding hydrogens is 296 g/mol. The van der Waals surface area contributed by atoms with E-state index in [-0.39, 0.29) is 17.9 Å². The number of hydrogen-bond acceptors (Lipinski definition) is 4. The van der Waals surface area contributed by atoms with Gasteiger partial charge in [0.15, 0.2) is 0 Å². The van der Waals surface area contributed by atoms with Gasteiger partial charge in [-0.2, -0.15) is 0 Å². The van der Waals surface area contributed by atoms with E-state index in [1.807, 2.05) is 24.3 Å². The highest BCUT2D eigenvalue weighted by molar-refractivity contribution is 5.77. The molecule has 23 heavy (non-hydrogen) atoms. The standard InChI is InChI=1S/C17H24N2O4/c1-3-23-16(20)14-7-5-9-19(12-14)17(21)18-11-13-6-4-8-15(10-13)22-2/h4,6,8,10,14H,3,5,7,9,11-12H2,1-2H3,(H,18,21). The van der Waals surface area contributed by atoms with Crippen molar-refractivity contribution in [2.45, 2.75) is 26.3 Å². The van der Waals surface area contributed by atoms with Crippen LogP contribution in [0, 0.1) is 5.92 Å². The fraction of sp³-hybridized carbons (Fsp3) is 0.529. The fourth-order valence-corrected chi connectivity index (χ4v) is 2.69. The van der Waals surface area contributed by atoms with Crippen LogP contribution >= 0.6 is 0 Å². The molecule has 0 spiro atoms.